The first-order valence-corrected chi connectivity index (χ1v) is 7.17. The molecule has 3 aromatic rings. The van der Waals surface area contributed by atoms with Crippen molar-refractivity contribution < 1.29 is 0 Å². The SMILES string of the molecule is Ic1ccc2ccc3ccc(I)cc3c2c1. The smallest absolute Gasteiger partial charge is 0.0136 e. The fraction of sp³-hybridized carbons (Fsp3) is 0. The Balaban J connectivity index is 2.55. The summed E-state index contributed by atoms with van der Waals surface area (Å²) in [5.41, 5.74) is 0. The highest BCUT2D eigenvalue weighted by molar-refractivity contribution is 14.1. The van der Waals surface area contributed by atoms with Crippen molar-refractivity contribution in [1.82, 2.24) is 0 Å². The van der Waals surface area contributed by atoms with Crippen LogP contribution in [0.4, 0.5) is 0 Å². The van der Waals surface area contributed by atoms with E-state index in [1.54, 1.807) is 0 Å². The van der Waals surface area contributed by atoms with Gasteiger partial charge in [0.15, 0.2) is 0 Å². The Morgan fingerprint density at radius 3 is 1.38 bits per heavy atom. The lowest BCUT2D eigenvalue weighted by Crippen LogP contribution is -1.80. The number of rotatable bonds is 0. The fourth-order valence-corrected chi connectivity index (χ4v) is 2.98. The van der Waals surface area contributed by atoms with Gasteiger partial charge in [-0.2, -0.15) is 0 Å². The zero-order chi connectivity index (χ0) is 11.1. The van der Waals surface area contributed by atoms with E-state index in [0.29, 0.717) is 0 Å². The molecular weight excluding hydrogens is 422 g/mol. The van der Waals surface area contributed by atoms with Crippen LogP contribution in [0.2, 0.25) is 0 Å². The van der Waals surface area contributed by atoms with Gasteiger partial charge in [0.1, 0.15) is 0 Å². The molecule has 0 atom stereocenters. The van der Waals surface area contributed by atoms with Gasteiger partial charge in [0.25, 0.3) is 0 Å². The van der Waals surface area contributed by atoms with Crippen molar-refractivity contribution in [2.75, 3.05) is 0 Å². The highest BCUT2D eigenvalue weighted by Gasteiger charge is 2.01. The topological polar surface area (TPSA) is 0 Å². The van der Waals surface area contributed by atoms with E-state index in [-0.39, 0.29) is 0 Å². The van der Waals surface area contributed by atoms with Crippen molar-refractivity contribution in [3.05, 3.63) is 55.7 Å². The molecule has 0 aliphatic rings. The van der Waals surface area contributed by atoms with Crippen molar-refractivity contribution in [2.24, 2.45) is 0 Å². The molecule has 0 aromatic heterocycles. The molecule has 0 saturated carbocycles. The van der Waals surface area contributed by atoms with Crippen LogP contribution in [0.15, 0.2) is 48.5 Å². The molecule has 0 saturated heterocycles. The zero-order valence-corrected chi connectivity index (χ0v) is 12.7. The minimum absolute atomic E-state index is 1.29. The van der Waals surface area contributed by atoms with Crippen molar-refractivity contribution in [3.63, 3.8) is 0 Å². The maximum absolute atomic E-state index is 2.37. The average molecular weight is 430 g/mol. The maximum Gasteiger partial charge on any atom is 0.0136 e. The third-order valence-electron chi connectivity index (χ3n) is 2.76. The van der Waals surface area contributed by atoms with Crippen molar-refractivity contribution in [3.8, 4) is 0 Å². The van der Waals surface area contributed by atoms with Crippen LogP contribution in [0.3, 0.4) is 0 Å². The number of hydrogen-bond donors (Lipinski definition) is 0. The first-order valence-electron chi connectivity index (χ1n) is 5.01. The number of hydrogen-bond acceptors (Lipinski definition) is 0. The molecule has 0 N–H and O–H groups in total. The van der Waals surface area contributed by atoms with Crippen LogP contribution in [-0.4, -0.2) is 0 Å². The van der Waals surface area contributed by atoms with Crippen LogP contribution in [0.25, 0.3) is 21.5 Å². The van der Waals surface area contributed by atoms with Gasteiger partial charge in [-0.25, -0.2) is 0 Å². The van der Waals surface area contributed by atoms with Crippen LogP contribution in [0.5, 0.6) is 0 Å². The Labute approximate surface area is 121 Å². The largest absolute Gasteiger partial charge is 0.0537 e. The zero-order valence-electron chi connectivity index (χ0n) is 8.37. The fourth-order valence-electron chi connectivity index (χ4n) is 1.99. The average Bonchev–Trinajstić information content (AvgIpc) is 2.29. The molecule has 0 fully saturated rings. The molecule has 0 radical (unpaired) electrons. The quantitative estimate of drug-likeness (QED) is 0.340. The van der Waals surface area contributed by atoms with Gasteiger partial charge in [-0.15, -0.1) is 0 Å². The van der Waals surface area contributed by atoms with E-state index in [9.17, 15) is 0 Å². The molecule has 3 rings (SSSR count). The Bertz CT molecular complexity index is 626. The summed E-state index contributed by atoms with van der Waals surface area (Å²) in [6.07, 6.45) is 0. The summed E-state index contributed by atoms with van der Waals surface area (Å²) in [5.74, 6) is 0. The number of benzene rings is 3. The van der Waals surface area contributed by atoms with Gasteiger partial charge in [0.05, 0.1) is 0 Å². The number of halogens is 2. The van der Waals surface area contributed by atoms with Crippen LogP contribution >= 0.6 is 45.2 Å². The lowest BCUT2D eigenvalue weighted by atomic mass is 10.0. The molecule has 0 aliphatic heterocycles. The highest BCUT2D eigenvalue weighted by atomic mass is 127. The van der Waals surface area contributed by atoms with E-state index in [0.717, 1.165) is 0 Å². The molecule has 0 nitrogen and oxygen atoms in total. The summed E-state index contributed by atoms with van der Waals surface area (Å²) in [4.78, 5) is 0. The van der Waals surface area contributed by atoms with Gasteiger partial charge in [-0.05, 0) is 91.0 Å². The van der Waals surface area contributed by atoms with Crippen molar-refractivity contribution in [2.45, 2.75) is 0 Å². The van der Waals surface area contributed by atoms with Gasteiger partial charge >= 0.3 is 0 Å². The van der Waals surface area contributed by atoms with E-state index >= 15 is 0 Å². The lowest BCUT2D eigenvalue weighted by Gasteiger charge is -2.05. The molecule has 0 heterocycles. The summed E-state index contributed by atoms with van der Waals surface area (Å²) in [7, 11) is 0. The molecule has 78 valence electrons. The van der Waals surface area contributed by atoms with E-state index < -0.39 is 0 Å². The van der Waals surface area contributed by atoms with Crippen LogP contribution < -0.4 is 0 Å². The second kappa shape index (κ2) is 4.14. The number of fused-ring (bicyclic) bond motifs is 3. The van der Waals surface area contributed by atoms with Gasteiger partial charge < -0.3 is 0 Å². The normalized spacial score (nSPS) is 11.1. The third kappa shape index (κ3) is 1.82. The Morgan fingerprint density at radius 1 is 0.562 bits per heavy atom. The Hall–Kier alpha value is -0.360. The molecule has 0 spiro atoms. The maximum atomic E-state index is 2.37. The van der Waals surface area contributed by atoms with Crippen molar-refractivity contribution in [1.29, 1.82) is 0 Å². The van der Waals surface area contributed by atoms with Crippen molar-refractivity contribution >= 4 is 66.7 Å². The Kier molecular flexibility index (Phi) is 2.79. The molecule has 0 aliphatic carbocycles. The predicted molar refractivity (Wildman–Crippen MR) is 86.9 cm³/mol. The van der Waals surface area contributed by atoms with Gasteiger partial charge in [-0.1, -0.05) is 24.3 Å². The molecular formula is C14H8I2. The summed E-state index contributed by atoms with van der Waals surface area (Å²) in [6.45, 7) is 0. The van der Waals surface area contributed by atoms with Crippen LogP contribution in [-0.2, 0) is 0 Å². The van der Waals surface area contributed by atoms with E-state index in [2.05, 4.69) is 93.7 Å². The van der Waals surface area contributed by atoms with E-state index in [4.69, 9.17) is 0 Å². The second-order valence-corrected chi connectivity index (χ2v) is 6.29. The van der Waals surface area contributed by atoms with E-state index in [1.807, 2.05) is 0 Å². The molecule has 2 heteroatoms. The molecule has 0 amide bonds. The molecule has 0 bridgehead atoms. The van der Waals surface area contributed by atoms with Crippen LogP contribution in [0.1, 0.15) is 0 Å². The van der Waals surface area contributed by atoms with Gasteiger partial charge in [0.2, 0.25) is 0 Å². The lowest BCUT2D eigenvalue weighted by molar-refractivity contribution is 1.70. The minimum atomic E-state index is 1.29. The summed E-state index contributed by atoms with van der Waals surface area (Å²) in [6, 6.07) is 17.6. The molecule has 0 unspecified atom stereocenters. The third-order valence-corrected chi connectivity index (χ3v) is 4.11. The van der Waals surface area contributed by atoms with Gasteiger partial charge in [0, 0.05) is 7.14 Å². The van der Waals surface area contributed by atoms with Gasteiger partial charge in [-0.3, -0.25) is 0 Å². The summed E-state index contributed by atoms with van der Waals surface area (Å²) < 4.78 is 2.58. The second-order valence-electron chi connectivity index (χ2n) is 3.80. The minimum Gasteiger partial charge on any atom is -0.0537 e. The monoisotopic (exact) mass is 430 g/mol. The first-order chi connectivity index (χ1) is 7.74. The Morgan fingerprint density at radius 2 is 0.938 bits per heavy atom. The summed E-state index contributed by atoms with van der Waals surface area (Å²) in [5, 5.41) is 5.33. The van der Waals surface area contributed by atoms with E-state index in [1.165, 1.54) is 28.7 Å². The molecule has 16 heavy (non-hydrogen) atoms. The highest BCUT2D eigenvalue weighted by Crippen LogP contribution is 2.28. The summed E-state index contributed by atoms with van der Waals surface area (Å²) >= 11 is 4.73. The standard InChI is InChI=1S/C14H8I2/c15-11-5-3-9-1-2-10-4-6-12(16)8-14(10)13(9)7-11/h1-8H. The predicted octanol–water partition coefficient (Wildman–Crippen LogP) is 5.20. The first kappa shape index (κ1) is 10.8. The van der Waals surface area contributed by atoms with Crippen LogP contribution in [0, 0.1) is 7.14 Å². The molecule has 3 aromatic carbocycles.